The average Bonchev–Trinajstić information content (AvgIpc) is 3.30. The molecular formula is C19H19N3O. The zero-order chi connectivity index (χ0) is 15.6. The molecule has 23 heavy (non-hydrogen) atoms. The number of carbonyl (C=O) groups excluding carboxylic acids is 1. The minimum atomic E-state index is -0.0214. The highest BCUT2D eigenvalue weighted by atomic mass is 16.2. The van der Waals surface area contributed by atoms with Gasteiger partial charge in [0.1, 0.15) is 5.71 Å². The van der Waals surface area contributed by atoms with E-state index in [9.17, 15) is 4.79 Å². The summed E-state index contributed by atoms with van der Waals surface area (Å²) in [5, 5.41) is 9.65. The van der Waals surface area contributed by atoms with E-state index in [1.165, 1.54) is 5.56 Å². The summed E-state index contributed by atoms with van der Waals surface area (Å²) in [5.74, 6) is -0.0214. The first-order valence-corrected chi connectivity index (χ1v) is 8.09. The van der Waals surface area contributed by atoms with Gasteiger partial charge in [0.2, 0.25) is 0 Å². The second-order valence-electron chi connectivity index (χ2n) is 6.11. The predicted molar refractivity (Wildman–Crippen MR) is 91.3 cm³/mol. The van der Waals surface area contributed by atoms with Gasteiger partial charge < -0.3 is 5.32 Å². The Labute approximate surface area is 135 Å². The molecule has 4 nitrogen and oxygen atoms in total. The molecule has 2 aromatic carbocycles. The van der Waals surface area contributed by atoms with E-state index in [1.807, 2.05) is 53.5 Å². The van der Waals surface area contributed by atoms with E-state index >= 15 is 0 Å². The maximum Gasteiger partial charge on any atom is 0.267 e. The lowest BCUT2D eigenvalue weighted by Gasteiger charge is -2.23. The maximum atomic E-state index is 12.4. The van der Waals surface area contributed by atoms with Gasteiger partial charge in [-0.3, -0.25) is 9.80 Å². The van der Waals surface area contributed by atoms with Gasteiger partial charge in [0, 0.05) is 12.5 Å². The van der Waals surface area contributed by atoms with E-state index in [0.29, 0.717) is 18.2 Å². The molecule has 4 rings (SSSR count). The van der Waals surface area contributed by atoms with Crippen LogP contribution in [0.25, 0.3) is 0 Å². The van der Waals surface area contributed by atoms with Crippen molar-refractivity contribution >= 4 is 17.3 Å². The molecule has 1 saturated carbocycles. The number of hydrogen-bond donors (Lipinski definition) is 1. The number of rotatable bonds is 4. The Hall–Kier alpha value is -2.62. The number of hydrogen-bond acceptors (Lipinski definition) is 3. The van der Waals surface area contributed by atoms with Gasteiger partial charge in [-0.25, -0.2) is 0 Å². The third-order valence-electron chi connectivity index (χ3n) is 4.29. The molecule has 0 radical (unpaired) electrons. The van der Waals surface area contributed by atoms with E-state index in [4.69, 9.17) is 0 Å². The maximum absolute atomic E-state index is 12.4. The van der Waals surface area contributed by atoms with Crippen molar-refractivity contribution in [1.82, 2.24) is 5.32 Å². The monoisotopic (exact) mass is 305 g/mol. The van der Waals surface area contributed by atoms with Crippen molar-refractivity contribution in [2.24, 2.45) is 5.10 Å². The Morgan fingerprint density at radius 3 is 2.30 bits per heavy atom. The van der Waals surface area contributed by atoms with E-state index in [0.717, 1.165) is 18.5 Å². The standard InChI is InChI=1S/C19H19N3O/c23-19(20-15-11-12-15)17-13-18(14-7-3-1-4-8-14)22(21-17)16-9-5-2-6-10-16/h1-10,15,18H,11-13H2,(H,20,23). The van der Waals surface area contributed by atoms with Crippen LogP contribution in [-0.2, 0) is 4.79 Å². The minimum Gasteiger partial charge on any atom is -0.348 e. The van der Waals surface area contributed by atoms with E-state index < -0.39 is 0 Å². The van der Waals surface area contributed by atoms with Gasteiger partial charge in [-0.15, -0.1) is 0 Å². The molecule has 0 spiro atoms. The van der Waals surface area contributed by atoms with Crippen molar-refractivity contribution < 1.29 is 4.79 Å². The number of nitrogens with zero attached hydrogens (tertiary/aromatic N) is 2. The van der Waals surface area contributed by atoms with Crippen LogP contribution in [0.3, 0.4) is 0 Å². The van der Waals surface area contributed by atoms with Crippen molar-refractivity contribution in [2.75, 3.05) is 5.01 Å². The Balaban J connectivity index is 1.64. The van der Waals surface area contributed by atoms with Gasteiger partial charge in [0.05, 0.1) is 11.7 Å². The molecule has 2 aromatic rings. The summed E-state index contributed by atoms with van der Waals surface area (Å²) in [6.45, 7) is 0. The Bertz CT molecular complexity index is 723. The van der Waals surface area contributed by atoms with Crippen molar-refractivity contribution in [3.63, 3.8) is 0 Å². The zero-order valence-corrected chi connectivity index (χ0v) is 12.9. The summed E-state index contributed by atoms with van der Waals surface area (Å²) in [5.41, 5.74) is 2.81. The van der Waals surface area contributed by atoms with Crippen LogP contribution in [0.15, 0.2) is 65.8 Å². The summed E-state index contributed by atoms with van der Waals surface area (Å²) in [4.78, 5) is 12.4. The van der Waals surface area contributed by atoms with Crippen LogP contribution in [-0.4, -0.2) is 17.7 Å². The Morgan fingerprint density at radius 2 is 1.65 bits per heavy atom. The summed E-state index contributed by atoms with van der Waals surface area (Å²) in [7, 11) is 0. The SMILES string of the molecule is O=C(NC1CC1)C1=NN(c2ccccc2)C(c2ccccc2)C1. The molecule has 1 fully saturated rings. The van der Waals surface area contributed by atoms with Crippen molar-refractivity contribution in [1.29, 1.82) is 0 Å². The van der Waals surface area contributed by atoms with Crippen LogP contribution in [0.2, 0.25) is 0 Å². The molecule has 1 aliphatic carbocycles. The van der Waals surface area contributed by atoms with Gasteiger partial charge in [-0.05, 0) is 30.5 Å². The number of benzene rings is 2. The molecular weight excluding hydrogens is 286 g/mol. The lowest BCUT2D eigenvalue weighted by molar-refractivity contribution is -0.115. The number of para-hydroxylation sites is 1. The molecule has 1 N–H and O–H groups in total. The lowest BCUT2D eigenvalue weighted by atomic mass is 10.0. The summed E-state index contributed by atoms with van der Waals surface area (Å²) in [6.07, 6.45) is 2.81. The summed E-state index contributed by atoms with van der Waals surface area (Å²) < 4.78 is 0. The van der Waals surface area contributed by atoms with Gasteiger partial charge in [0.25, 0.3) is 5.91 Å². The van der Waals surface area contributed by atoms with Gasteiger partial charge in [-0.2, -0.15) is 5.10 Å². The number of anilines is 1. The highest BCUT2D eigenvalue weighted by Gasteiger charge is 2.34. The highest BCUT2D eigenvalue weighted by molar-refractivity contribution is 6.39. The van der Waals surface area contributed by atoms with E-state index in [2.05, 4.69) is 22.6 Å². The first kappa shape index (κ1) is 14.0. The molecule has 4 heteroatoms. The minimum absolute atomic E-state index is 0.0214. The number of amides is 1. The van der Waals surface area contributed by atoms with Crippen LogP contribution < -0.4 is 10.3 Å². The van der Waals surface area contributed by atoms with Crippen LogP contribution >= 0.6 is 0 Å². The van der Waals surface area contributed by atoms with Crippen LogP contribution in [0, 0.1) is 0 Å². The molecule has 1 heterocycles. The molecule has 1 aliphatic heterocycles. The first-order valence-electron chi connectivity index (χ1n) is 8.09. The van der Waals surface area contributed by atoms with Crippen LogP contribution in [0.5, 0.6) is 0 Å². The van der Waals surface area contributed by atoms with E-state index in [1.54, 1.807) is 0 Å². The number of carbonyl (C=O) groups is 1. The summed E-state index contributed by atoms with van der Waals surface area (Å²) >= 11 is 0. The number of nitrogens with one attached hydrogen (secondary N) is 1. The molecule has 0 bridgehead atoms. The predicted octanol–water partition coefficient (Wildman–Crippen LogP) is 3.27. The smallest absolute Gasteiger partial charge is 0.267 e. The fourth-order valence-corrected chi connectivity index (χ4v) is 2.90. The Morgan fingerprint density at radius 1 is 1.00 bits per heavy atom. The fourth-order valence-electron chi connectivity index (χ4n) is 2.90. The van der Waals surface area contributed by atoms with Gasteiger partial charge in [0.15, 0.2) is 0 Å². The summed E-state index contributed by atoms with van der Waals surface area (Å²) in [6, 6.07) is 20.7. The molecule has 0 saturated heterocycles. The van der Waals surface area contributed by atoms with Gasteiger partial charge >= 0.3 is 0 Å². The van der Waals surface area contributed by atoms with Crippen LogP contribution in [0.4, 0.5) is 5.69 Å². The first-order chi connectivity index (χ1) is 11.3. The van der Waals surface area contributed by atoms with Crippen molar-refractivity contribution in [3.8, 4) is 0 Å². The lowest BCUT2D eigenvalue weighted by Crippen LogP contribution is -2.31. The molecule has 1 unspecified atom stereocenters. The average molecular weight is 305 g/mol. The normalized spacial score (nSPS) is 20.3. The third kappa shape index (κ3) is 2.97. The highest BCUT2D eigenvalue weighted by Crippen LogP contribution is 2.35. The topological polar surface area (TPSA) is 44.7 Å². The molecule has 2 aliphatic rings. The van der Waals surface area contributed by atoms with E-state index in [-0.39, 0.29) is 11.9 Å². The third-order valence-corrected chi connectivity index (χ3v) is 4.29. The van der Waals surface area contributed by atoms with Crippen molar-refractivity contribution in [3.05, 3.63) is 66.2 Å². The van der Waals surface area contributed by atoms with Crippen molar-refractivity contribution in [2.45, 2.75) is 31.3 Å². The second kappa shape index (κ2) is 5.88. The molecule has 1 atom stereocenters. The fraction of sp³-hybridized carbons (Fsp3) is 0.263. The van der Waals surface area contributed by atoms with Crippen LogP contribution in [0.1, 0.15) is 30.9 Å². The quantitative estimate of drug-likeness (QED) is 0.942. The molecule has 1 amide bonds. The Kier molecular flexibility index (Phi) is 3.58. The zero-order valence-electron chi connectivity index (χ0n) is 12.9. The van der Waals surface area contributed by atoms with Gasteiger partial charge in [-0.1, -0.05) is 48.5 Å². The molecule has 116 valence electrons. The number of hydrazone groups is 1. The largest absolute Gasteiger partial charge is 0.348 e. The molecule has 0 aromatic heterocycles. The second-order valence-corrected chi connectivity index (χ2v) is 6.11.